The van der Waals surface area contributed by atoms with Crippen LogP contribution in [0.1, 0.15) is 37.4 Å². The zero-order chi connectivity index (χ0) is 22.1. The van der Waals surface area contributed by atoms with Gasteiger partial charge in [0.25, 0.3) is 0 Å². The number of benzene rings is 3. The van der Waals surface area contributed by atoms with E-state index in [2.05, 4.69) is 15.9 Å². The molecule has 3 aromatic rings. The molecule has 1 aliphatic rings. The molecule has 0 unspecified atom stereocenters. The van der Waals surface area contributed by atoms with Crippen molar-refractivity contribution in [1.82, 2.24) is 0 Å². The van der Waals surface area contributed by atoms with Crippen LogP contribution in [0.15, 0.2) is 64.8 Å². The number of ether oxygens (including phenoxy) is 3. The molecule has 0 N–H and O–H groups in total. The largest absolute Gasteiger partial charge is 0.496 e. The molecular formula is C25H19BrO5. The average molecular weight is 479 g/mol. The highest BCUT2D eigenvalue weighted by atomic mass is 79.9. The number of rotatable bonds is 4. The third kappa shape index (κ3) is 4.11. The van der Waals surface area contributed by atoms with Gasteiger partial charge < -0.3 is 14.2 Å². The van der Waals surface area contributed by atoms with Crippen LogP contribution in [-0.2, 0) is 0 Å². The predicted molar refractivity (Wildman–Crippen MR) is 121 cm³/mol. The highest BCUT2D eigenvalue weighted by Crippen LogP contribution is 2.38. The standard InChI is InChI=1S/C25H19BrO5/c1-14-6-4-5-7-19(14)25(28)30-18-10-15(2)23-21(13-18)31-22(24(23)27)12-16-11-17(26)8-9-20(16)29-3/h4-13H,1-3H3/b22-12-. The number of fused-ring (bicyclic) bond motifs is 1. The van der Waals surface area contributed by atoms with E-state index in [1.165, 1.54) is 0 Å². The van der Waals surface area contributed by atoms with E-state index in [1.54, 1.807) is 50.4 Å². The summed E-state index contributed by atoms with van der Waals surface area (Å²) in [7, 11) is 1.57. The summed E-state index contributed by atoms with van der Waals surface area (Å²) in [6, 6.07) is 15.9. The van der Waals surface area contributed by atoms with Gasteiger partial charge in [0.2, 0.25) is 5.78 Å². The molecule has 0 aliphatic carbocycles. The fraction of sp³-hybridized carbons (Fsp3) is 0.120. The van der Waals surface area contributed by atoms with Gasteiger partial charge in [-0.3, -0.25) is 4.79 Å². The third-order valence-corrected chi connectivity index (χ3v) is 5.49. The molecule has 0 saturated heterocycles. The van der Waals surface area contributed by atoms with Gasteiger partial charge in [-0.15, -0.1) is 0 Å². The first-order chi connectivity index (χ1) is 14.9. The molecule has 0 saturated carbocycles. The van der Waals surface area contributed by atoms with Crippen LogP contribution in [0.25, 0.3) is 6.08 Å². The Balaban J connectivity index is 1.65. The van der Waals surface area contributed by atoms with Crippen LogP contribution in [0.4, 0.5) is 0 Å². The first-order valence-corrected chi connectivity index (χ1v) is 10.4. The summed E-state index contributed by atoms with van der Waals surface area (Å²) in [5.41, 5.74) is 3.14. The quantitative estimate of drug-likeness (QED) is 0.265. The van der Waals surface area contributed by atoms with Crippen molar-refractivity contribution < 1.29 is 23.8 Å². The molecule has 0 atom stereocenters. The summed E-state index contributed by atoms with van der Waals surface area (Å²) in [5.74, 6) is 0.781. The first-order valence-electron chi connectivity index (χ1n) is 9.57. The van der Waals surface area contributed by atoms with Crippen LogP contribution in [-0.4, -0.2) is 18.9 Å². The number of esters is 1. The Morgan fingerprint density at radius 3 is 2.55 bits per heavy atom. The second kappa shape index (κ2) is 8.40. The molecular weight excluding hydrogens is 460 g/mol. The topological polar surface area (TPSA) is 61.8 Å². The predicted octanol–water partition coefficient (Wildman–Crippen LogP) is 5.91. The maximum atomic E-state index is 13.0. The van der Waals surface area contributed by atoms with Crippen molar-refractivity contribution in [2.45, 2.75) is 13.8 Å². The molecule has 1 aliphatic heterocycles. The highest BCUT2D eigenvalue weighted by Gasteiger charge is 2.30. The lowest BCUT2D eigenvalue weighted by atomic mass is 10.0. The van der Waals surface area contributed by atoms with Crippen LogP contribution in [0.2, 0.25) is 0 Å². The van der Waals surface area contributed by atoms with Crippen LogP contribution in [0.5, 0.6) is 17.2 Å². The molecule has 6 heteroatoms. The second-order valence-electron chi connectivity index (χ2n) is 7.14. The Kier molecular flexibility index (Phi) is 5.65. The maximum absolute atomic E-state index is 13.0. The van der Waals surface area contributed by atoms with Crippen molar-refractivity contribution in [3.05, 3.63) is 92.6 Å². The van der Waals surface area contributed by atoms with Gasteiger partial charge in [-0.2, -0.15) is 0 Å². The Bertz CT molecular complexity index is 1240. The van der Waals surface area contributed by atoms with E-state index >= 15 is 0 Å². The van der Waals surface area contributed by atoms with Crippen molar-refractivity contribution in [3.63, 3.8) is 0 Å². The van der Waals surface area contributed by atoms with E-state index in [0.717, 1.165) is 10.0 Å². The van der Waals surface area contributed by atoms with Crippen molar-refractivity contribution in [1.29, 1.82) is 0 Å². The van der Waals surface area contributed by atoms with E-state index in [0.29, 0.717) is 39.5 Å². The number of hydrogen-bond donors (Lipinski definition) is 0. The average Bonchev–Trinajstić information content (AvgIpc) is 3.04. The van der Waals surface area contributed by atoms with E-state index < -0.39 is 5.97 Å². The molecule has 0 radical (unpaired) electrons. The zero-order valence-corrected chi connectivity index (χ0v) is 18.8. The number of carbonyl (C=O) groups is 2. The number of halogens is 1. The Morgan fingerprint density at radius 1 is 1.03 bits per heavy atom. The van der Waals surface area contributed by atoms with E-state index in [1.807, 2.05) is 31.2 Å². The summed E-state index contributed by atoms with van der Waals surface area (Å²) in [4.78, 5) is 25.5. The summed E-state index contributed by atoms with van der Waals surface area (Å²) in [5, 5.41) is 0. The lowest BCUT2D eigenvalue weighted by molar-refractivity contribution is 0.0733. The minimum atomic E-state index is -0.462. The van der Waals surface area contributed by atoms with Gasteiger partial charge in [0.05, 0.1) is 18.2 Å². The lowest BCUT2D eigenvalue weighted by Gasteiger charge is -2.09. The van der Waals surface area contributed by atoms with E-state index in [4.69, 9.17) is 14.2 Å². The Hall–Kier alpha value is -3.38. The van der Waals surface area contributed by atoms with Gasteiger partial charge >= 0.3 is 5.97 Å². The van der Waals surface area contributed by atoms with Crippen LogP contribution in [0.3, 0.4) is 0 Å². The fourth-order valence-corrected chi connectivity index (χ4v) is 3.84. The summed E-state index contributed by atoms with van der Waals surface area (Å²) in [6.45, 7) is 3.63. The van der Waals surface area contributed by atoms with Crippen molar-refractivity contribution >= 4 is 33.8 Å². The molecule has 0 fully saturated rings. The highest BCUT2D eigenvalue weighted by molar-refractivity contribution is 9.10. The minimum absolute atomic E-state index is 0.178. The molecule has 5 nitrogen and oxygen atoms in total. The molecule has 0 spiro atoms. The number of hydrogen-bond acceptors (Lipinski definition) is 5. The second-order valence-corrected chi connectivity index (χ2v) is 8.06. The molecule has 0 amide bonds. The lowest BCUT2D eigenvalue weighted by Crippen LogP contribution is -2.10. The minimum Gasteiger partial charge on any atom is -0.496 e. The summed E-state index contributed by atoms with van der Waals surface area (Å²) < 4.78 is 17.6. The third-order valence-electron chi connectivity index (χ3n) is 5.00. The normalized spacial score (nSPS) is 13.7. The van der Waals surface area contributed by atoms with Crippen LogP contribution >= 0.6 is 15.9 Å². The van der Waals surface area contributed by atoms with Crippen molar-refractivity contribution in [3.8, 4) is 17.2 Å². The van der Waals surface area contributed by atoms with E-state index in [-0.39, 0.29) is 11.5 Å². The molecule has 1 heterocycles. The Labute approximate surface area is 188 Å². The molecule has 156 valence electrons. The van der Waals surface area contributed by atoms with E-state index in [9.17, 15) is 9.59 Å². The molecule has 0 aromatic heterocycles. The molecule has 31 heavy (non-hydrogen) atoms. The van der Waals surface area contributed by atoms with Gasteiger partial charge in [-0.05, 0) is 61.4 Å². The monoisotopic (exact) mass is 478 g/mol. The van der Waals surface area contributed by atoms with Gasteiger partial charge in [0.1, 0.15) is 17.2 Å². The van der Waals surface area contributed by atoms with Crippen molar-refractivity contribution in [2.75, 3.05) is 7.11 Å². The molecule has 0 bridgehead atoms. The smallest absolute Gasteiger partial charge is 0.343 e. The number of Topliss-reactive ketones (excluding diaryl/α,β-unsaturated/α-hetero) is 1. The maximum Gasteiger partial charge on any atom is 0.343 e. The SMILES string of the molecule is COc1ccc(Br)cc1/C=C1\Oc2cc(OC(=O)c3ccccc3C)cc(C)c2C1=O. The molecule has 3 aromatic carbocycles. The van der Waals surface area contributed by atoms with Gasteiger partial charge in [-0.25, -0.2) is 4.79 Å². The number of ketones is 1. The van der Waals surface area contributed by atoms with Crippen LogP contribution < -0.4 is 14.2 Å². The number of aryl methyl sites for hydroxylation is 2. The number of carbonyl (C=O) groups excluding carboxylic acids is 2. The Morgan fingerprint density at radius 2 is 1.81 bits per heavy atom. The van der Waals surface area contributed by atoms with Gasteiger partial charge in [0.15, 0.2) is 5.76 Å². The zero-order valence-electron chi connectivity index (χ0n) is 17.2. The number of allylic oxidation sites excluding steroid dienone is 1. The van der Waals surface area contributed by atoms with Crippen LogP contribution in [0, 0.1) is 13.8 Å². The molecule has 4 rings (SSSR count). The summed E-state index contributed by atoms with van der Waals surface area (Å²) >= 11 is 3.43. The van der Waals surface area contributed by atoms with Crippen molar-refractivity contribution in [2.24, 2.45) is 0 Å². The van der Waals surface area contributed by atoms with Gasteiger partial charge in [-0.1, -0.05) is 34.1 Å². The number of methoxy groups -OCH3 is 1. The van der Waals surface area contributed by atoms with Gasteiger partial charge in [0, 0.05) is 16.1 Å². The first kappa shape index (κ1) is 20.9. The summed E-state index contributed by atoms with van der Waals surface area (Å²) in [6.07, 6.45) is 1.64. The fourth-order valence-electron chi connectivity index (χ4n) is 3.46.